The highest BCUT2D eigenvalue weighted by molar-refractivity contribution is 5.27. The fourth-order valence-corrected chi connectivity index (χ4v) is 5.82. The van der Waals surface area contributed by atoms with Gasteiger partial charge in [-0.1, -0.05) is 12.1 Å². The lowest BCUT2D eigenvalue weighted by Gasteiger charge is -2.51. The molecule has 27 heavy (non-hydrogen) atoms. The molecule has 0 saturated carbocycles. The van der Waals surface area contributed by atoms with Crippen LogP contribution in [0.3, 0.4) is 0 Å². The summed E-state index contributed by atoms with van der Waals surface area (Å²) in [6.07, 6.45) is 7.87. The molecule has 3 atom stereocenters. The summed E-state index contributed by atoms with van der Waals surface area (Å²) in [6.45, 7) is 7.79. The van der Waals surface area contributed by atoms with Crippen LogP contribution in [-0.2, 0) is 6.54 Å². The first-order valence-corrected chi connectivity index (χ1v) is 10.4. The van der Waals surface area contributed by atoms with Crippen molar-refractivity contribution in [3.8, 4) is 0 Å². The van der Waals surface area contributed by atoms with Gasteiger partial charge in [-0.2, -0.15) is 5.10 Å². The highest BCUT2D eigenvalue weighted by Gasteiger charge is 2.52. The number of likely N-dealkylation sites (tertiary alicyclic amines) is 1. The summed E-state index contributed by atoms with van der Waals surface area (Å²) < 4.78 is 15.5. The lowest BCUT2D eigenvalue weighted by molar-refractivity contribution is -0.00698. The smallest absolute Gasteiger partial charge is 0.123 e. The molecule has 144 valence electrons. The van der Waals surface area contributed by atoms with Gasteiger partial charge in [-0.05, 0) is 68.5 Å². The third-order valence-corrected chi connectivity index (χ3v) is 6.99. The monoisotopic (exact) mass is 368 g/mol. The molecule has 0 N–H and O–H groups in total. The lowest BCUT2D eigenvalue weighted by Crippen LogP contribution is -2.60. The van der Waals surface area contributed by atoms with Gasteiger partial charge in [0.25, 0.3) is 0 Å². The Balaban J connectivity index is 1.33. The van der Waals surface area contributed by atoms with E-state index in [0.29, 0.717) is 18.0 Å². The summed E-state index contributed by atoms with van der Waals surface area (Å²) >= 11 is 0. The predicted octanol–water partition coefficient (Wildman–Crippen LogP) is 3.28. The van der Waals surface area contributed by atoms with E-state index in [9.17, 15) is 4.39 Å². The number of nitrogens with zero attached hydrogens (tertiary/aromatic N) is 4. The average molecular weight is 369 g/mol. The fraction of sp³-hybridized carbons (Fsp3) is 0.591. The molecule has 0 spiro atoms. The van der Waals surface area contributed by atoms with Crippen molar-refractivity contribution in [1.82, 2.24) is 19.6 Å². The predicted molar refractivity (Wildman–Crippen MR) is 104 cm³/mol. The molecule has 1 aromatic heterocycles. The molecule has 4 aliphatic heterocycles. The van der Waals surface area contributed by atoms with Crippen LogP contribution < -0.4 is 0 Å². The Morgan fingerprint density at radius 3 is 2.56 bits per heavy atom. The minimum atomic E-state index is -0.134. The summed E-state index contributed by atoms with van der Waals surface area (Å²) in [6, 6.07) is 8.55. The van der Waals surface area contributed by atoms with Gasteiger partial charge >= 0.3 is 0 Å². The van der Waals surface area contributed by atoms with Crippen molar-refractivity contribution in [1.29, 1.82) is 0 Å². The van der Waals surface area contributed by atoms with E-state index in [0.717, 1.165) is 32.0 Å². The van der Waals surface area contributed by atoms with E-state index in [-0.39, 0.29) is 5.82 Å². The molecule has 4 fully saturated rings. The Labute approximate surface area is 161 Å². The summed E-state index contributed by atoms with van der Waals surface area (Å²) in [4.78, 5) is 5.46. The van der Waals surface area contributed by atoms with Crippen molar-refractivity contribution >= 4 is 0 Å². The Hall–Kier alpha value is -1.72. The summed E-state index contributed by atoms with van der Waals surface area (Å²) in [5.41, 5.74) is 2.54. The fourth-order valence-electron chi connectivity index (χ4n) is 5.82. The second kappa shape index (κ2) is 7.02. The summed E-state index contributed by atoms with van der Waals surface area (Å²) in [5.74, 6) is 1.20. The van der Waals surface area contributed by atoms with Gasteiger partial charge in [0, 0.05) is 43.8 Å². The molecular formula is C22H29FN4. The molecule has 1 aromatic carbocycles. The number of rotatable bonds is 5. The number of halogens is 1. The Morgan fingerprint density at radius 2 is 1.85 bits per heavy atom. The molecule has 0 radical (unpaired) electrons. The maximum Gasteiger partial charge on any atom is 0.123 e. The van der Waals surface area contributed by atoms with Crippen LogP contribution in [0.1, 0.15) is 36.3 Å². The van der Waals surface area contributed by atoms with E-state index >= 15 is 0 Å². The zero-order valence-electron chi connectivity index (χ0n) is 16.1. The summed E-state index contributed by atoms with van der Waals surface area (Å²) in [5, 5.41) is 4.42. The molecule has 0 amide bonds. The Kier molecular flexibility index (Phi) is 4.52. The van der Waals surface area contributed by atoms with Crippen molar-refractivity contribution in [2.75, 3.05) is 26.2 Å². The van der Waals surface area contributed by atoms with E-state index in [1.165, 1.54) is 37.1 Å². The minimum Gasteiger partial charge on any atom is -0.298 e. The maximum absolute atomic E-state index is 13.4. The molecule has 0 aliphatic carbocycles. The Bertz CT molecular complexity index is 778. The second-order valence-electron chi connectivity index (χ2n) is 8.64. The van der Waals surface area contributed by atoms with Gasteiger partial charge in [-0.3, -0.25) is 14.5 Å². The van der Waals surface area contributed by atoms with Crippen LogP contribution in [0.25, 0.3) is 0 Å². The molecule has 4 aliphatic rings. The van der Waals surface area contributed by atoms with Gasteiger partial charge in [-0.25, -0.2) is 4.39 Å². The SMILES string of the molecule is Cc1cnn(CCCN2C[C@@H](c3ccc(F)cc3)[C@@H]3[C@H]2C2CCN3CC2)c1. The standard InChI is InChI=1S/C22H29FN4/c1-16-13-24-27(14-16)10-2-9-26-15-20(17-3-5-19(23)6-4-17)22-21(26)18-7-11-25(22)12-8-18/h3-6,13-14,18,20-22H,2,7-12,15H2,1H3/t20-,21+,22+/m0/s1. The van der Waals surface area contributed by atoms with Gasteiger partial charge in [-0.15, -0.1) is 0 Å². The Morgan fingerprint density at radius 1 is 1.07 bits per heavy atom. The van der Waals surface area contributed by atoms with Crippen LogP contribution in [0.5, 0.6) is 0 Å². The third-order valence-electron chi connectivity index (χ3n) is 6.99. The number of hydrogen-bond donors (Lipinski definition) is 0. The molecule has 5 heteroatoms. The van der Waals surface area contributed by atoms with E-state index in [1.54, 1.807) is 12.1 Å². The van der Waals surface area contributed by atoms with E-state index in [4.69, 9.17) is 0 Å². The summed E-state index contributed by atoms with van der Waals surface area (Å²) in [7, 11) is 0. The quantitative estimate of drug-likeness (QED) is 0.809. The second-order valence-corrected chi connectivity index (χ2v) is 8.64. The molecule has 4 saturated heterocycles. The van der Waals surface area contributed by atoms with E-state index in [1.807, 2.05) is 18.3 Å². The van der Waals surface area contributed by atoms with Crippen molar-refractivity contribution in [2.45, 2.75) is 50.7 Å². The van der Waals surface area contributed by atoms with Gasteiger partial charge in [0.05, 0.1) is 6.20 Å². The molecular weight excluding hydrogens is 339 g/mol. The van der Waals surface area contributed by atoms with E-state index < -0.39 is 0 Å². The van der Waals surface area contributed by atoms with Crippen LogP contribution in [0.2, 0.25) is 0 Å². The van der Waals surface area contributed by atoms with Crippen LogP contribution in [0.4, 0.5) is 4.39 Å². The van der Waals surface area contributed by atoms with Gasteiger partial charge < -0.3 is 0 Å². The number of aromatic nitrogens is 2. The normalized spacial score (nSPS) is 32.7. The average Bonchev–Trinajstić information content (AvgIpc) is 3.29. The van der Waals surface area contributed by atoms with Gasteiger partial charge in [0.15, 0.2) is 0 Å². The lowest BCUT2D eigenvalue weighted by atomic mass is 9.75. The number of aryl methyl sites for hydroxylation is 2. The molecule has 2 bridgehead atoms. The number of benzene rings is 1. The largest absolute Gasteiger partial charge is 0.298 e. The molecule has 4 nitrogen and oxygen atoms in total. The van der Waals surface area contributed by atoms with Gasteiger partial charge in [0.2, 0.25) is 0 Å². The number of fused-ring (bicyclic) bond motifs is 2. The molecule has 2 aromatic rings. The van der Waals surface area contributed by atoms with E-state index in [2.05, 4.69) is 32.7 Å². The van der Waals surface area contributed by atoms with Crippen LogP contribution in [-0.4, -0.2) is 57.8 Å². The van der Waals surface area contributed by atoms with Crippen LogP contribution >= 0.6 is 0 Å². The zero-order chi connectivity index (χ0) is 18.4. The molecule has 5 heterocycles. The molecule has 6 rings (SSSR count). The topological polar surface area (TPSA) is 24.3 Å². The van der Waals surface area contributed by atoms with Crippen molar-refractivity contribution in [3.63, 3.8) is 0 Å². The highest BCUT2D eigenvalue weighted by Crippen LogP contribution is 2.46. The number of piperidine rings is 3. The van der Waals surface area contributed by atoms with Crippen LogP contribution in [0, 0.1) is 18.7 Å². The first-order chi connectivity index (χ1) is 13.2. The van der Waals surface area contributed by atoms with Crippen molar-refractivity contribution in [2.24, 2.45) is 5.92 Å². The van der Waals surface area contributed by atoms with Crippen LogP contribution in [0.15, 0.2) is 36.7 Å². The van der Waals surface area contributed by atoms with Crippen molar-refractivity contribution in [3.05, 3.63) is 53.6 Å². The third kappa shape index (κ3) is 3.21. The maximum atomic E-state index is 13.4. The number of hydrogen-bond acceptors (Lipinski definition) is 3. The molecule has 0 unspecified atom stereocenters. The van der Waals surface area contributed by atoms with Gasteiger partial charge in [0.1, 0.15) is 5.82 Å². The zero-order valence-corrected chi connectivity index (χ0v) is 16.1. The van der Waals surface area contributed by atoms with Crippen molar-refractivity contribution < 1.29 is 4.39 Å². The minimum absolute atomic E-state index is 0.134. The first kappa shape index (κ1) is 17.4. The highest BCUT2D eigenvalue weighted by atomic mass is 19.1. The first-order valence-electron chi connectivity index (χ1n) is 10.4.